The molecule has 1 aromatic carbocycles. The number of nitrogens with two attached hydrogens (primary N) is 2. The molecule has 17 heavy (non-hydrogen) atoms. The Labute approximate surface area is 111 Å². The lowest BCUT2D eigenvalue weighted by atomic mass is 10.0. The molecule has 5 nitrogen and oxygen atoms in total. The highest BCUT2D eigenvalue weighted by Crippen LogP contribution is 2.28. The second-order valence-electron chi connectivity index (χ2n) is 3.51. The Bertz CT molecular complexity index is 388. The Hall–Kier alpha value is -0.880. The van der Waals surface area contributed by atoms with Crippen molar-refractivity contribution in [3.05, 3.63) is 38.9 Å². The molecule has 0 heterocycles. The smallest absolute Gasteiger partial charge is 0.288 e. The van der Waals surface area contributed by atoms with Crippen molar-refractivity contribution in [1.82, 2.24) is 0 Å². The lowest BCUT2D eigenvalue weighted by Gasteiger charge is -2.11. The zero-order valence-electron chi connectivity index (χ0n) is 9.14. The molecule has 0 aliphatic rings. The highest BCUT2D eigenvalue weighted by molar-refractivity contribution is 6.32. The summed E-state index contributed by atoms with van der Waals surface area (Å²) in [6, 6.07) is 4.39. The van der Waals surface area contributed by atoms with Crippen LogP contribution < -0.4 is 11.5 Å². The molecule has 0 saturated heterocycles. The van der Waals surface area contributed by atoms with Crippen LogP contribution in [0.15, 0.2) is 18.2 Å². The fourth-order valence-corrected chi connectivity index (χ4v) is 1.59. The van der Waals surface area contributed by atoms with Gasteiger partial charge in [0.1, 0.15) is 5.02 Å². The summed E-state index contributed by atoms with van der Waals surface area (Å²) >= 11 is 5.70. The molecule has 96 valence electrons. The van der Waals surface area contributed by atoms with Gasteiger partial charge in [0.15, 0.2) is 0 Å². The van der Waals surface area contributed by atoms with E-state index in [9.17, 15) is 10.1 Å². The normalized spacial score (nSPS) is 11.7. The molecule has 0 amide bonds. The maximum atomic E-state index is 10.7. The Morgan fingerprint density at radius 1 is 1.47 bits per heavy atom. The standard InChI is InChI=1S/C10H14ClN3O2.ClH/c11-8-4-3-7(6-10(8)14(15)16)9(13)2-1-5-12;/h3-4,6,9H,1-2,5,12-13H2;1H/t9-;/m0./s1. The molecule has 0 aliphatic carbocycles. The van der Waals surface area contributed by atoms with Crippen molar-refractivity contribution in [3.63, 3.8) is 0 Å². The average molecular weight is 280 g/mol. The quantitative estimate of drug-likeness (QED) is 0.639. The molecule has 1 aromatic rings. The van der Waals surface area contributed by atoms with Gasteiger partial charge in [-0.05, 0) is 31.0 Å². The number of rotatable bonds is 5. The highest BCUT2D eigenvalue weighted by atomic mass is 35.5. The monoisotopic (exact) mass is 279 g/mol. The van der Waals surface area contributed by atoms with Crippen LogP contribution in [-0.2, 0) is 0 Å². The molecule has 1 rings (SSSR count). The predicted molar refractivity (Wildman–Crippen MR) is 70.6 cm³/mol. The molecule has 1 atom stereocenters. The first-order chi connectivity index (χ1) is 7.56. The van der Waals surface area contributed by atoms with E-state index in [1.807, 2.05) is 0 Å². The van der Waals surface area contributed by atoms with Crippen LogP contribution in [0.3, 0.4) is 0 Å². The van der Waals surface area contributed by atoms with Gasteiger partial charge in [-0.3, -0.25) is 10.1 Å². The van der Waals surface area contributed by atoms with E-state index in [0.29, 0.717) is 18.5 Å². The molecule has 4 N–H and O–H groups in total. The van der Waals surface area contributed by atoms with Crippen LogP contribution in [0.4, 0.5) is 5.69 Å². The van der Waals surface area contributed by atoms with Gasteiger partial charge >= 0.3 is 0 Å². The van der Waals surface area contributed by atoms with E-state index in [0.717, 1.165) is 6.42 Å². The number of halogens is 2. The molecule has 0 saturated carbocycles. The van der Waals surface area contributed by atoms with Gasteiger partial charge in [0.25, 0.3) is 5.69 Å². The minimum Gasteiger partial charge on any atom is -0.330 e. The first kappa shape index (κ1) is 16.1. The summed E-state index contributed by atoms with van der Waals surface area (Å²) < 4.78 is 0. The lowest BCUT2D eigenvalue weighted by Crippen LogP contribution is -2.12. The predicted octanol–water partition coefficient (Wildman–Crippen LogP) is 2.41. The van der Waals surface area contributed by atoms with Gasteiger partial charge in [-0.15, -0.1) is 12.4 Å². The van der Waals surface area contributed by atoms with Crippen LogP contribution in [0.2, 0.25) is 5.02 Å². The first-order valence-electron chi connectivity index (χ1n) is 4.95. The van der Waals surface area contributed by atoms with Crippen LogP contribution in [0, 0.1) is 10.1 Å². The van der Waals surface area contributed by atoms with Crippen LogP contribution in [-0.4, -0.2) is 11.5 Å². The van der Waals surface area contributed by atoms with Crippen molar-refractivity contribution < 1.29 is 4.92 Å². The summed E-state index contributed by atoms with van der Waals surface area (Å²) in [7, 11) is 0. The molecule has 0 spiro atoms. The maximum Gasteiger partial charge on any atom is 0.288 e. The number of nitro benzene ring substituents is 1. The molecule has 7 heteroatoms. The summed E-state index contributed by atoms with van der Waals surface area (Å²) in [5, 5.41) is 10.8. The molecular formula is C10H15Cl2N3O2. The Morgan fingerprint density at radius 2 is 2.12 bits per heavy atom. The van der Waals surface area contributed by atoms with Crippen molar-refractivity contribution in [2.24, 2.45) is 11.5 Å². The molecular weight excluding hydrogens is 265 g/mol. The average Bonchev–Trinajstić information content (AvgIpc) is 2.26. The summed E-state index contributed by atoms with van der Waals surface area (Å²) in [6.07, 6.45) is 1.49. The zero-order chi connectivity index (χ0) is 12.1. The Morgan fingerprint density at radius 3 is 2.65 bits per heavy atom. The van der Waals surface area contributed by atoms with Gasteiger partial charge in [-0.2, -0.15) is 0 Å². The highest BCUT2D eigenvalue weighted by Gasteiger charge is 2.15. The van der Waals surface area contributed by atoms with Crippen molar-refractivity contribution in [1.29, 1.82) is 0 Å². The van der Waals surface area contributed by atoms with E-state index in [2.05, 4.69) is 0 Å². The topological polar surface area (TPSA) is 95.2 Å². The third-order valence-corrected chi connectivity index (χ3v) is 2.63. The van der Waals surface area contributed by atoms with Crippen molar-refractivity contribution in [2.45, 2.75) is 18.9 Å². The third kappa shape index (κ3) is 4.47. The third-order valence-electron chi connectivity index (χ3n) is 2.31. The SMILES string of the molecule is Cl.NCCC[C@H](N)c1ccc(Cl)c([N+](=O)[O-])c1. The van der Waals surface area contributed by atoms with Crippen LogP contribution in [0.1, 0.15) is 24.4 Å². The minimum absolute atomic E-state index is 0. The molecule has 0 unspecified atom stereocenters. The van der Waals surface area contributed by atoms with Gasteiger partial charge in [-0.25, -0.2) is 0 Å². The Balaban J connectivity index is 0.00000256. The second-order valence-corrected chi connectivity index (χ2v) is 3.91. The number of hydrogen-bond donors (Lipinski definition) is 2. The first-order valence-corrected chi connectivity index (χ1v) is 5.33. The fraction of sp³-hybridized carbons (Fsp3) is 0.400. The van der Waals surface area contributed by atoms with Gasteiger partial charge in [0, 0.05) is 12.1 Å². The van der Waals surface area contributed by atoms with E-state index >= 15 is 0 Å². The fourth-order valence-electron chi connectivity index (χ4n) is 1.40. The minimum atomic E-state index is -0.512. The number of nitrogens with zero attached hydrogens (tertiary/aromatic N) is 1. The molecule has 0 aliphatic heterocycles. The Kier molecular flexibility index (Phi) is 7.06. The summed E-state index contributed by atoms with van der Waals surface area (Å²) in [4.78, 5) is 10.2. The van der Waals surface area contributed by atoms with Crippen LogP contribution in [0.25, 0.3) is 0 Å². The van der Waals surface area contributed by atoms with Crippen molar-refractivity contribution in [2.75, 3.05) is 6.54 Å². The van der Waals surface area contributed by atoms with Crippen LogP contribution in [0.5, 0.6) is 0 Å². The number of benzene rings is 1. The summed E-state index contributed by atoms with van der Waals surface area (Å²) in [6.45, 7) is 0.559. The second kappa shape index (κ2) is 7.45. The lowest BCUT2D eigenvalue weighted by molar-refractivity contribution is -0.384. The maximum absolute atomic E-state index is 10.7. The van der Waals surface area contributed by atoms with Gasteiger partial charge < -0.3 is 11.5 Å². The van der Waals surface area contributed by atoms with Crippen LogP contribution >= 0.6 is 24.0 Å². The zero-order valence-corrected chi connectivity index (χ0v) is 10.7. The number of hydrogen-bond acceptors (Lipinski definition) is 4. The molecule has 0 aromatic heterocycles. The molecule has 0 bridgehead atoms. The largest absolute Gasteiger partial charge is 0.330 e. The molecule has 0 radical (unpaired) electrons. The van der Waals surface area contributed by atoms with E-state index in [1.165, 1.54) is 12.1 Å². The summed E-state index contributed by atoms with van der Waals surface area (Å²) in [5.74, 6) is 0. The van der Waals surface area contributed by atoms with Gasteiger partial charge in [0.05, 0.1) is 4.92 Å². The van der Waals surface area contributed by atoms with E-state index in [-0.39, 0.29) is 29.2 Å². The van der Waals surface area contributed by atoms with Gasteiger partial charge in [0.2, 0.25) is 0 Å². The van der Waals surface area contributed by atoms with Crippen molar-refractivity contribution in [3.8, 4) is 0 Å². The number of nitro groups is 1. The van der Waals surface area contributed by atoms with E-state index in [1.54, 1.807) is 6.07 Å². The summed E-state index contributed by atoms with van der Waals surface area (Å²) in [5.41, 5.74) is 11.9. The van der Waals surface area contributed by atoms with Gasteiger partial charge in [-0.1, -0.05) is 17.7 Å². The van der Waals surface area contributed by atoms with E-state index < -0.39 is 4.92 Å². The van der Waals surface area contributed by atoms with E-state index in [4.69, 9.17) is 23.1 Å². The molecule has 0 fully saturated rings. The van der Waals surface area contributed by atoms with Crippen molar-refractivity contribution >= 4 is 29.7 Å².